The second kappa shape index (κ2) is 13.4. The summed E-state index contributed by atoms with van der Waals surface area (Å²) in [5.41, 5.74) is -14.7. The summed E-state index contributed by atoms with van der Waals surface area (Å²) in [6.07, 6.45) is 0. The summed E-state index contributed by atoms with van der Waals surface area (Å²) in [5.74, 6) is 0. The summed E-state index contributed by atoms with van der Waals surface area (Å²) in [6, 6.07) is -11.1. The second-order valence-electron chi connectivity index (χ2n) is 15.0. The van der Waals surface area contributed by atoms with Gasteiger partial charge in [0.2, 0.25) is 0 Å². The lowest BCUT2D eigenvalue weighted by Crippen LogP contribution is -2.25. The van der Waals surface area contributed by atoms with Crippen LogP contribution in [0.4, 0.5) is 17.1 Å². The van der Waals surface area contributed by atoms with Gasteiger partial charge in [-0.25, -0.2) is 0 Å². The van der Waals surface area contributed by atoms with E-state index in [1.807, 2.05) is 0 Å². The molecule has 1 heteroatoms. The maximum Gasteiger partial charge on any atom is 0.0725 e. The van der Waals surface area contributed by atoms with Crippen molar-refractivity contribution in [1.82, 2.24) is 0 Å². The smallest absolute Gasteiger partial charge is 0.0725 e. The highest BCUT2D eigenvalue weighted by atomic mass is 15.1. The third-order valence-electron chi connectivity index (χ3n) is 12.0. The van der Waals surface area contributed by atoms with Gasteiger partial charge in [-0.3, -0.25) is 0 Å². The van der Waals surface area contributed by atoms with Crippen LogP contribution in [0.2, 0.25) is 0 Å². The van der Waals surface area contributed by atoms with Crippen LogP contribution in [-0.2, 0) is 10.8 Å². The van der Waals surface area contributed by atoms with Crippen LogP contribution in [0.3, 0.4) is 0 Å². The molecule has 0 amide bonds. The van der Waals surface area contributed by atoms with Crippen LogP contribution in [0.15, 0.2) is 224 Å². The predicted octanol–water partition coefficient (Wildman–Crippen LogP) is 16.3. The Balaban J connectivity index is 1.19. The van der Waals surface area contributed by atoms with Crippen molar-refractivity contribution >= 4 is 27.8 Å². The molecule has 0 radical (unpaired) electrons. The Morgan fingerprint density at radius 1 is 0.397 bits per heavy atom. The first-order valence-electron chi connectivity index (χ1n) is 36.0. The number of hydrogen-bond acceptors (Lipinski definition) is 1. The molecule has 0 aliphatic heterocycles. The fraction of sp³-hybridized carbons (Fsp3) is 0.0645. The molecule has 10 aromatic rings. The minimum absolute atomic E-state index is 0.0411. The van der Waals surface area contributed by atoms with Crippen LogP contribution in [0.1, 0.15) is 92.3 Å². The number of fused-ring (bicyclic) bond motifs is 14. The van der Waals surface area contributed by atoms with Gasteiger partial charge in [-0.15, -0.1) is 0 Å². The lowest BCUT2D eigenvalue weighted by atomic mass is 9.70. The van der Waals surface area contributed by atoms with E-state index in [9.17, 15) is 23.3 Å². The second-order valence-corrected chi connectivity index (χ2v) is 15.0. The standard InChI is InChI=1S/C62H43N/c1-61(2)52-25-12-11-24-51(52)60-56(61)29-16-30-58(60)63(43-18-4-3-5-19-43)44-35-31-41(32-36-44)46-37-33-40-17-6-7-20-45(40)59(46)42-34-38-50-49-23-10-15-28-55(49)62(57(50)39-42)53-26-13-8-21-47(53)48-22-9-14-27-54(48)62/h3-39H,1-2H3/i1D3,2D3,3D,4D,5D,6D,7D,8D,9D,11D,12D,13D,16D,17D,18D,19D,21D,22D,23D,26D,27D,29D,30D,31D,32D,33D,34D,35D,38D. The lowest BCUT2D eigenvalue weighted by Gasteiger charge is -2.31. The van der Waals surface area contributed by atoms with E-state index in [-0.39, 0.29) is 61.3 Å². The average molecular weight is 835 g/mol. The molecule has 0 N–H and O–H groups in total. The Labute approximate surface area is 415 Å². The van der Waals surface area contributed by atoms with E-state index in [2.05, 4.69) is 0 Å². The van der Waals surface area contributed by atoms with Gasteiger partial charge in [-0.1, -0.05) is 201 Å². The van der Waals surface area contributed by atoms with E-state index in [4.69, 9.17) is 21.9 Å². The molecule has 1 spiro atoms. The summed E-state index contributed by atoms with van der Waals surface area (Å²) < 4.78 is 305. The molecule has 0 aromatic heterocycles. The molecular formula is C62H43N. The van der Waals surface area contributed by atoms with E-state index in [0.717, 1.165) is 36.4 Å². The Morgan fingerprint density at radius 2 is 1.16 bits per heavy atom. The van der Waals surface area contributed by atoms with Crippen LogP contribution in [0.25, 0.3) is 66.4 Å². The summed E-state index contributed by atoms with van der Waals surface area (Å²) in [4.78, 5) is 0.551. The van der Waals surface area contributed by atoms with Gasteiger partial charge in [-0.05, 0) is 131 Å². The first kappa shape index (κ1) is 16.2. The molecule has 63 heavy (non-hydrogen) atoms. The molecule has 1 unspecified atom stereocenters. The molecule has 13 rings (SSSR count). The fourth-order valence-electron chi connectivity index (χ4n) is 9.42. The van der Waals surface area contributed by atoms with Gasteiger partial charge in [0.1, 0.15) is 0 Å². The molecule has 1 nitrogen and oxygen atoms in total. The van der Waals surface area contributed by atoms with Crippen LogP contribution in [0, 0.1) is 0 Å². The van der Waals surface area contributed by atoms with Gasteiger partial charge in [0.05, 0.1) is 48.1 Å². The Hall–Kier alpha value is -7.74. The Kier molecular flexibility index (Phi) is 3.44. The normalized spacial score (nSPS) is 23.5. The monoisotopic (exact) mass is 835 g/mol. The molecule has 0 saturated carbocycles. The SMILES string of the molecule is [2H]c1cc2c(cc1[2H])C(C([2H])([2H])[2H])(C([2H])([2H])[2H])c1c([2H])c([2H])c([2H])c(N(c3cc([2H])c(-c4cc([2H])c5c([2H])c([2H])c([2H])cc5c4-c4cc5c(c([2H])c4[2H])-c4c([2H])cccc4C54c5c([2H])cc([2H])c([2H])c5-c5c([2H])c([2H])c([2H])c([2H])c54)c([2H])c3[2H])c3c([2H])c([2H])c([2H])c([2H])c3[2H])c1-2. The van der Waals surface area contributed by atoms with Crippen LogP contribution in [0.5, 0.6) is 0 Å². The van der Waals surface area contributed by atoms with E-state index in [1.54, 1.807) is 0 Å². The van der Waals surface area contributed by atoms with Gasteiger partial charge in [0.25, 0.3) is 0 Å². The molecule has 0 fully saturated rings. The zero-order valence-electron chi connectivity index (χ0n) is 65.2. The maximum absolute atomic E-state index is 10.1. The number of anilines is 3. The van der Waals surface area contributed by atoms with Crippen molar-refractivity contribution in [2.45, 2.75) is 24.5 Å². The van der Waals surface area contributed by atoms with E-state index < -0.39 is 243 Å². The lowest BCUT2D eigenvalue weighted by molar-refractivity contribution is 0.660. The molecule has 296 valence electrons. The highest BCUT2D eigenvalue weighted by Crippen LogP contribution is 2.63. The first-order chi connectivity index (χ1) is 44.7. The number of benzene rings is 10. The summed E-state index contributed by atoms with van der Waals surface area (Å²) >= 11 is 0. The van der Waals surface area contributed by atoms with Crippen molar-refractivity contribution in [2.75, 3.05) is 4.90 Å². The number of nitrogens with zero attached hydrogens (tertiary/aromatic N) is 1. The summed E-state index contributed by atoms with van der Waals surface area (Å²) in [7, 11) is 0. The highest BCUT2D eigenvalue weighted by Gasteiger charge is 2.51. The Bertz CT molecular complexity index is 5280. The number of hydrogen-bond donors (Lipinski definition) is 0. The van der Waals surface area contributed by atoms with Crippen molar-refractivity contribution in [2.24, 2.45) is 0 Å². The van der Waals surface area contributed by atoms with Crippen LogP contribution < -0.4 is 4.90 Å². The van der Waals surface area contributed by atoms with Gasteiger partial charge < -0.3 is 4.90 Å². The minimum Gasteiger partial charge on any atom is -0.310 e. The molecule has 0 bridgehead atoms. The molecule has 0 heterocycles. The predicted molar refractivity (Wildman–Crippen MR) is 263 cm³/mol. The topological polar surface area (TPSA) is 3.24 Å². The first-order valence-corrected chi connectivity index (χ1v) is 19.5. The molecular weight excluding hydrogens is 759 g/mol. The highest BCUT2D eigenvalue weighted by molar-refractivity contribution is 6.06. The maximum atomic E-state index is 10.1. The van der Waals surface area contributed by atoms with E-state index >= 15 is 0 Å². The third kappa shape index (κ3) is 4.94. The van der Waals surface area contributed by atoms with Crippen molar-refractivity contribution in [3.8, 4) is 55.6 Å². The minimum atomic E-state index is -3.75. The Morgan fingerprint density at radius 3 is 2.08 bits per heavy atom. The molecule has 3 aliphatic rings. The van der Waals surface area contributed by atoms with Gasteiger partial charge in [0.15, 0.2) is 0 Å². The quantitative estimate of drug-likeness (QED) is 0.167. The molecule has 1 atom stereocenters. The summed E-state index contributed by atoms with van der Waals surface area (Å²) in [5, 5.41) is -0.690. The van der Waals surface area contributed by atoms with Crippen molar-refractivity contribution in [3.05, 3.63) is 257 Å². The van der Waals surface area contributed by atoms with Crippen LogP contribution >= 0.6 is 0 Å². The van der Waals surface area contributed by atoms with Gasteiger partial charge in [0, 0.05) is 30.6 Å². The van der Waals surface area contributed by atoms with Crippen LogP contribution in [-0.4, -0.2) is 0 Å². The largest absolute Gasteiger partial charge is 0.310 e. The molecule has 0 saturated heterocycles. The van der Waals surface area contributed by atoms with E-state index in [0.29, 0.717) is 4.90 Å². The zero-order chi connectivity index (χ0) is 70.4. The van der Waals surface area contributed by atoms with Crippen molar-refractivity contribution < 1.29 is 45.2 Å². The van der Waals surface area contributed by atoms with E-state index in [1.165, 1.54) is 24.3 Å². The zero-order valence-corrected chi connectivity index (χ0v) is 32.2. The third-order valence-corrected chi connectivity index (χ3v) is 12.0. The van der Waals surface area contributed by atoms with Crippen molar-refractivity contribution in [1.29, 1.82) is 0 Å². The fourth-order valence-corrected chi connectivity index (χ4v) is 9.42. The number of para-hydroxylation sites is 1. The molecule has 3 aliphatic carbocycles. The van der Waals surface area contributed by atoms with Gasteiger partial charge in [-0.2, -0.15) is 0 Å². The summed E-state index contributed by atoms with van der Waals surface area (Å²) in [6.45, 7) is -7.50. The molecule has 10 aromatic carbocycles. The van der Waals surface area contributed by atoms with Crippen molar-refractivity contribution in [3.63, 3.8) is 0 Å². The average Bonchev–Trinajstić information content (AvgIpc) is 1.49. The number of rotatable bonds is 5. The van der Waals surface area contributed by atoms with Gasteiger partial charge >= 0.3 is 0 Å².